The van der Waals surface area contributed by atoms with Crippen LogP contribution in [-0.2, 0) is 10.0 Å². The summed E-state index contributed by atoms with van der Waals surface area (Å²) in [6.07, 6.45) is 3.59. The maximum Gasteiger partial charge on any atom is 0.242 e. The van der Waals surface area contributed by atoms with E-state index in [0.717, 1.165) is 12.8 Å². The van der Waals surface area contributed by atoms with Gasteiger partial charge >= 0.3 is 0 Å². The number of aromatic nitrogens is 1. The first kappa shape index (κ1) is 15.3. The summed E-state index contributed by atoms with van der Waals surface area (Å²) in [6, 6.07) is 3.03. The molecule has 0 aromatic carbocycles. The maximum absolute atomic E-state index is 12.4. The van der Waals surface area contributed by atoms with Gasteiger partial charge < -0.3 is 5.73 Å². The van der Waals surface area contributed by atoms with Gasteiger partial charge in [0.1, 0.15) is 15.6 Å². The summed E-state index contributed by atoms with van der Waals surface area (Å²) in [5.41, 5.74) is 5.77. The minimum Gasteiger partial charge on any atom is -0.388 e. The number of sulfonamides is 1. The largest absolute Gasteiger partial charge is 0.388 e. The zero-order chi connectivity index (χ0) is 15.0. The van der Waals surface area contributed by atoms with E-state index in [-0.39, 0.29) is 21.0 Å². The molecule has 0 atom stereocenters. The molecule has 1 aromatic rings. The lowest BCUT2D eigenvalue weighted by Crippen LogP contribution is -2.34. The second-order valence-corrected chi connectivity index (χ2v) is 7.73. The maximum atomic E-state index is 12.4. The van der Waals surface area contributed by atoms with E-state index < -0.39 is 10.0 Å². The van der Waals surface area contributed by atoms with Crippen molar-refractivity contribution in [2.75, 3.05) is 6.54 Å². The highest BCUT2D eigenvalue weighted by Gasteiger charge is 2.45. The average molecular weight is 313 g/mol. The number of hydrogen-bond acceptors (Lipinski definition) is 4. The van der Waals surface area contributed by atoms with Gasteiger partial charge in [0.2, 0.25) is 10.0 Å². The highest BCUT2D eigenvalue weighted by atomic mass is 32.2. The summed E-state index contributed by atoms with van der Waals surface area (Å²) < 4.78 is 27.4. The summed E-state index contributed by atoms with van der Waals surface area (Å²) in [5, 5.41) is 0. The van der Waals surface area contributed by atoms with E-state index in [0.29, 0.717) is 12.5 Å². The molecule has 1 aromatic heterocycles. The number of hydrogen-bond donors (Lipinski definition) is 2. The molecule has 110 valence electrons. The molecule has 0 saturated heterocycles. The van der Waals surface area contributed by atoms with Crippen LogP contribution in [0.1, 0.15) is 32.4 Å². The quantitative estimate of drug-likeness (QED) is 0.776. The van der Waals surface area contributed by atoms with Gasteiger partial charge in [-0.15, -0.1) is 0 Å². The van der Waals surface area contributed by atoms with Gasteiger partial charge in [-0.2, -0.15) is 0 Å². The van der Waals surface area contributed by atoms with Crippen LogP contribution in [0.3, 0.4) is 0 Å². The van der Waals surface area contributed by atoms with Crippen molar-refractivity contribution < 1.29 is 8.42 Å². The normalized spacial score (nSPS) is 17.1. The summed E-state index contributed by atoms with van der Waals surface area (Å²) in [5.74, 6) is 0.453. The minimum absolute atomic E-state index is 0.0176. The number of pyridine rings is 1. The van der Waals surface area contributed by atoms with Crippen LogP contribution in [0.2, 0.25) is 0 Å². The lowest BCUT2D eigenvalue weighted by Gasteiger charge is -2.20. The van der Waals surface area contributed by atoms with E-state index in [2.05, 4.69) is 23.6 Å². The standard InChI is InChI=1S/C13H19N3O2S2/c1-9(2)13(5-6-13)8-16-20(17,18)10-4-3-7-15-11(10)12(14)19/h3-4,7,9,16H,5-6,8H2,1-2H3,(H2,14,19). The van der Waals surface area contributed by atoms with E-state index in [1.165, 1.54) is 12.3 Å². The van der Waals surface area contributed by atoms with Crippen molar-refractivity contribution in [3.05, 3.63) is 24.0 Å². The van der Waals surface area contributed by atoms with Crippen molar-refractivity contribution in [3.8, 4) is 0 Å². The smallest absolute Gasteiger partial charge is 0.242 e. The van der Waals surface area contributed by atoms with Gasteiger partial charge in [-0.3, -0.25) is 4.98 Å². The van der Waals surface area contributed by atoms with Crippen molar-refractivity contribution in [1.29, 1.82) is 0 Å². The van der Waals surface area contributed by atoms with Crippen molar-refractivity contribution in [3.63, 3.8) is 0 Å². The number of rotatable bonds is 6. The molecule has 0 amide bonds. The highest BCUT2D eigenvalue weighted by molar-refractivity contribution is 7.89. The lowest BCUT2D eigenvalue weighted by molar-refractivity contribution is 0.357. The van der Waals surface area contributed by atoms with Crippen molar-refractivity contribution in [2.24, 2.45) is 17.1 Å². The van der Waals surface area contributed by atoms with Crippen LogP contribution in [0.5, 0.6) is 0 Å². The number of nitrogens with one attached hydrogen (secondary N) is 1. The number of nitrogens with zero attached hydrogens (tertiary/aromatic N) is 1. The molecule has 20 heavy (non-hydrogen) atoms. The van der Waals surface area contributed by atoms with Crippen LogP contribution in [0.15, 0.2) is 23.2 Å². The van der Waals surface area contributed by atoms with Crippen LogP contribution < -0.4 is 10.5 Å². The molecule has 2 rings (SSSR count). The van der Waals surface area contributed by atoms with Gasteiger partial charge in [0.15, 0.2) is 0 Å². The molecule has 7 heteroatoms. The SMILES string of the molecule is CC(C)C1(CNS(=O)(=O)c2cccnc2C(N)=S)CC1. The molecule has 3 N–H and O–H groups in total. The Balaban J connectivity index is 2.21. The fourth-order valence-electron chi connectivity index (χ4n) is 2.23. The Hall–Kier alpha value is -1.05. The third kappa shape index (κ3) is 2.99. The Bertz CT molecular complexity index is 622. The Kier molecular flexibility index (Phi) is 4.13. The molecular weight excluding hydrogens is 294 g/mol. The van der Waals surface area contributed by atoms with Crippen molar-refractivity contribution in [1.82, 2.24) is 9.71 Å². The molecule has 1 saturated carbocycles. The number of nitrogens with two attached hydrogens (primary N) is 1. The fraction of sp³-hybridized carbons (Fsp3) is 0.538. The van der Waals surface area contributed by atoms with Gasteiger partial charge in [-0.25, -0.2) is 13.1 Å². The first-order chi connectivity index (χ1) is 9.28. The summed E-state index contributed by atoms with van der Waals surface area (Å²) in [7, 11) is -3.64. The predicted octanol–water partition coefficient (Wildman–Crippen LogP) is 1.43. The monoisotopic (exact) mass is 313 g/mol. The van der Waals surface area contributed by atoms with Crippen molar-refractivity contribution >= 4 is 27.2 Å². The van der Waals surface area contributed by atoms with E-state index in [4.69, 9.17) is 18.0 Å². The van der Waals surface area contributed by atoms with E-state index in [1.54, 1.807) is 6.07 Å². The van der Waals surface area contributed by atoms with Crippen LogP contribution in [0.25, 0.3) is 0 Å². The summed E-state index contributed by atoms with van der Waals surface area (Å²) >= 11 is 4.85. The topological polar surface area (TPSA) is 85.1 Å². The molecule has 1 fully saturated rings. The van der Waals surface area contributed by atoms with E-state index in [1.807, 2.05) is 0 Å². The predicted molar refractivity (Wildman–Crippen MR) is 81.8 cm³/mol. The van der Waals surface area contributed by atoms with Gasteiger partial charge in [0.05, 0.1) is 0 Å². The van der Waals surface area contributed by atoms with Crippen LogP contribution in [0.4, 0.5) is 0 Å². The van der Waals surface area contributed by atoms with Crippen LogP contribution in [0, 0.1) is 11.3 Å². The number of thiocarbonyl (C=S) groups is 1. The minimum atomic E-state index is -3.64. The molecule has 0 aliphatic heterocycles. The highest BCUT2D eigenvalue weighted by Crippen LogP contribution is 2.51. The second-order valence-electron chi connectivity index (χ2n) is 5.56. The Morgan fingerprint density at radius 2 is 2.20 bits per heavy atom. The molecule has 0 bridgehead atoms. The van der Waals surface area contributed by atoms with Crippen molar-refractivity contribution in [2.45, 2.75) is 31.6 Å². The Labute approximate surface area is 125 Å². The zero-order valence-electron chi connectivity index (χ0n) is 11.6. The van der Waals surface area contributed by atoms with Crippen LogP contribution in [-0.4, -0.2) is 24.9 Å². The zero-order valence-corrected chi connectivity index (χ0v) is 13.2. The average Bonchev–Trinajstić information content (AvgIpc) is 3.18. The second kappa shape index (κ2) is 5.38. The molecule has 0 spiro atoms. The summed E-state index contributed by atoms with van der Waals surface area (Å²) in [4.78, 5) is 3.98. The van der Waals surface area contributed by atoms with Gasteiger partial charge in [0, 0.05) is 12.7 Å². The van der Waals surface area contributed by atoms with Gasteiger partial charge in [-0.05, 0) is 36.3 Å². The van der Waals surface area contributed by atoms with Crippen LogP contribution >= 0.6 is 12.2 Å². The Morgan fingerprint density at radius 1 is 1.55 bits per heavy atom. The third-order valence-electron chi connectivity index (χ3n) is 4.02. The molecule has 1 aliphatic carbocycles. The molecule has 5 nitrogen and oxygen atoms in total. The molecule has 1 aliphatic rings. The first-order valence-corrected chi connectivity index (χ1v) is 8.42. The molecule has 1 heterocycles. The lowest BCUT2D eigenvalue weighted by atomic mass is 9.93. The first-order valence-electron chi connectivity index (χ1n) is 6.53. The molecular formula is C13H19N3O2S2. The molecule has 0 unspecified atom stereocenters. The van der Waals surface area contributed by atoms with E-state index >= 15 is 0 Å². The van der Waals surface area contributed by atoms with Gasteiger partial charge in [0.25, 0.3) is 0 Å². The third-order valence-corrected chi connectivity index (χ3v) is 5.65. The summed E-state index contributed by atoms with van der Waals surface area (Å²) in [6.45, 7) is 4.68. The van der Waals surface area contributed by atoms with E-state index in [9.17, 15) is 8.42 Å². The Morgan fingerprint density at radius 3 is 2.70 bits per heavy atom. The van der Waals surface area contributed by atoms with Gasteiger partial charge in [-0.1, -0.05) is 26.1 Å². The fourth-order valence-corrected chi connectivity index (χ4v) is 3.76. The molecule has 0 radical (unpaired) electrons.